The molecule has 3 amide bonds. The van der Waals surface area contributed by atoms with Gasteiger partial charge in [0.15, 0.2) is 0 Å². The van der Waals surface area contributed by atoms with Crippen molar-refractivity contribution >= 4 is 56.4 Å². The Labute approximate surface area is 188 Å². The molecule has 2 aromatic rings. The summed E-state index contributed by atoms with van der Waals surface area (Å²) < 4.78 is 0.851. The van der Waals surface area contributed by atoms with Gasteiger partial charge in [0.1, 0.15) is 5.54 Å². The average molecular weight is 493 g/mol. The summed E-state index contributed by atoms with van der Waals surface area (Å²) in [6, 6.07) is 8.97. The van der Waals surface area contributed by atoms with E-state index in [1.165, 1.54) is 11.3 Å². The number of thiophene rings is 1. The van der Waals surface area contributed by atoms with Gasteiger partial charge in [-0.1, -0.05) is 0 Å². The lowest BCUT2D eigenvalue weighted by molar-refractivity contribution is -0.121. The van der Waals surface area contributed by atoms with Gasteiger partial charge in [0, 0.05) is 24.5 Å². The summed E-state index contributed by atoms with van der Waals surface area (Å²) in [5.74, 6) is -0.562. The number of nitrogens with one attached hydrogen (secondary N) is 2. The lowest BCUT2D eigenvalue weighted by Gasteiger charge is -2.33. The number of hydrogen-bond donors (Lipinski definition) is 2. The summed E-state index contributed by atoms with van der Waals surface area (Å²) in [4.78, 5) is 41.9. The van der Waals surface area contributed by atoms with Crippen molar-refractivity contribution in [1.29, 1.82) is 0 Å². The molecule has 1 saturated heterocycles. The first-order valence-electron chi connectivity index (χ1n) is 9.55. The van der Waals surface area contributed by atoms with Crippen LogP contribution >= 0.6 is 27.3 Å². The number of piperazine rings is 1. The average Bonchev–Trinajstić information content (AvgIpc) is 3.09. The number of carbonyl (C=O) groups excluding carboxylic acids is 3. The van der Waals surface area contributed by atoms with Crippen molar-refractivity contribution < 1.29 is 14.4 Å². The number of aryl methyl sites for hydroxylation is 1. The fourth-order valence-corrected chi connectivity index (χ4v) is 4.49. The largest absolute Gasteiger partial charge is 0.337 e. The summed E-state index contributed by atoms with van der Waals surface area (Å²) >= 11 is 4.64. The number of likely N-dealkylation sites (N-methyl/N-ethyl adjacent to an activating group) is 1. The molecular formula is C21H25BrN4O3S. The molecule has 1 aromatic carbocycles. The molecule has 1 aliphatic heterocycles. The topological polar surface area (TPSA) is 81.8 Å². The zero-order valence-corrected chi connectivity index (χ0v) is 19.8. The summed E-state index contributed by atoms with van der Waals surface area (Å²) in [5, 5.41) is 5.64. The fourth-order valence-electron chi connectivity index (χ4n) is 3.21. The van der Waals surface area contributed by atoms with Gasteiger partial charge in [-0.3, -0.25) is 19.3 Å². The van der Waals surface area contributed by atoms with E-state index in [0.29, 0.717) is 23.7 Å². The third kappa shape index (κ3) is 5.08. The van der Waals surface area contributed by atoms with Gasteiger partial charge in [-0.2, -0.15) is 0 Å². The number of anilines is 2. The molecule has 160 valence electrons. The van der Waals surface area contributed by atoms with E-state index in [0.717, 1.165) is 21.6 Å². The molecule has 2 heterocycles. The number of nitrogens with zero attached hydrogens (tertiary/aromatic N) is 2. The molecule has 3 rings (SSSR count). The zero-order chi connectivity index (χ0) is 22.1. The van der Waals surface area contributed by atoms with E-state index in [4.69, 9.17) is 0 Å². The maximum atomic E-state index is 12.8. The van der Waals surface area contributed by atoms with Crippen LogP contribution in [0.25, 0.3) is 0 Å². The number of hydrogen-bond acceptors (Lipinski definition) is 5. The van der Waals surface area contributed by atoms with Crippen LogP contribution in [0.2, 0.25) is 0 Å². The highest BCUT2D eigenvalue weighted by Gasteiger charge is 2.31. The smallest absolute Gasteiger partial charge is 0.262 e. The summed E-state index contributed by atoms with van der Waals surface area (Å²) in [5.41, 5.74) is 1.26. The van der Waals surface area contributed by atoms with Gasteiger partial charge in [-0.25, -0.2) is 0 Å². The second-order valence-corrected chi connectivity index (χ2v) is 10.4. The third-order valence-electron chi connectivity index (χ3n) is 4.95. The van der Waals surface area contributed by atoms with Gasteiger partial charge in [0.25, 0.3) is 5.91 Å². The van der Waals surface area contributed by atoms with Crippen molar-refractivity contribution in [3.05, 3.63) is 44.6 Å². The fraction of sp³-hybridized carbons (Fsp3) is 0.381. The molecule has 0 aliphatic carbocycles. The van der Waals surface area contributed by atoms with Crippen LogP contribution in [0.4, 0.5) is 11.4 Å². The first kappa shape index (κ1) is 22.5. The Kier molecular flexibility index (Phi) is 6.64. The minimum Gasteiger partial charge on any atom is -0.337 e. The first-order chi connectivity index (χ1) is 14.1. The van der Waals surface area contributed by atoms with Crippen LogP contribution in [-0.2, 0) is 9.59 Å². The molecule has 0 radical (unpaired) electrons. The molecule has 2 N–H and O–H groups in total. The minimum absolute atomic E-state index is 0.0627. The number of carbonyl (C=O) groups is 3. The molecule has 1 aliphatic rings. The zero-order valence-electron chi connectivity index (χ0n) is 17.4. The molecule has 1 aromatic heterocycles. The summed E-state index contributed by atoms with van der Waals surface area (Å²) in [6.07, 6.45) is 0. The highest BCUT2D eigenvalue weighted by atomic mass is 79.9. The predicted molar refractivity (Wildman–Crippen MR) is 123 cm³/mol. The van der Waals surface area contributed by atoms with E-state index in [2.05, 4.69) is 26.6 Å². The quantitative estimate of drug-likeness (QED) is 0.670. The molecule has 9 heteroatoms. The lowest BCUT2D eigenvalue weighted by Crippen LogP contribution is -2.52. The number of halogens is 1. The number of benzene rings is 1. The molecule has 7 nitrogen and oxygen atoms in total. The van der Waals surface area contributed by atoms with Crippen LogP contribution in [0.1, 0.15) is 29.1 Å². The second kappa shape index (κ2) is 8.87. The molecule has 0 atom stereocenters. The molecular weight excluding hydrogens is 468 g/mol. The van der Waals surface area contributed by atoms with Crippen molar-refractivity contribution in [2.24, 2.45) is 0 Å². The second-order valence-electron chi connectivity index (χ2n) is 7.92. The first-order valence-corrected chi connectivity index (χ1v) is 11.2. The normalized spacial score (nSPS) is 15.2. The molecule has 0 unspecified atom stereocenters. The van der Waals surface area contributed by atoms with Crippen molar-refractivity contribution in [3.63, 3.8) is 0 Å². The van der Waals surface area contributed by atoms with Gasteiger partial charge in [0.2, 0.25) is 11.8 Å². The van der Waals surface area contributed by atoms with E-state index < -0.39 is 5.54 Å². The van der Waals surface area contributed by atoms with Gasteiger partial charge < -0.3 is 15.5 Å². The standard InChI is InChI=1S/C21H25BrN4O3S/c1-13-11-14(5-6-15(13)26-10-9-25(4)12-18(26)27)23-20(29)21(2,3)24-19(28)16-7-8-17(22)30-16/h5-8,11H,9-10,12H2,1-4H3,(H,23,29)(H,24,28). The maximum Gasteiger partial charge on any atom is 0.262 e. The van der Waals surface area contributed by atoms with Crippen molar-refractivity contribution in [3.8, 4) is 0 Å². The van der Waals surface area contributed by atoms with Crippen molar-refractivity contribution in [2.75, 3.05) is 36.9 Å². The molecule has 30 heavy (non-hydrogen) atoms. The van der Waals surface area contributed by atoms with Gasteiger partial charge in [0.05, 0.1) is 15.2 Å². The van der Waals surface area contributed by atoms with Crippen LogP contribution in [-0.4, -0.2) is 54.8 Å². The van der Waals surface area contributed by atoms with Crippen LogP contribution in [0.15, 0.2) is 34.1 Å². The summed E-state index contributed by atoms with van der Waals surface area (Å²) in [6.45, 7) is 7.09. The van der Waals surface area contributed by atoms with E-state index in [1.54, 1.807) is 36.9 Å². The monoisotopic (exact) mass is 492 g/mol. The molecule has 1 fully saturated rings. The Bertz CT molecular complexity index is 988. The Morgan fingerprint density at radius 1 is 1.17 bits per heavy atom. The third-order valence-corrected chi connectivity index (χ3v) is 6.57. The number of amides is 3. The molecule has 0 saturated carbocycles. The van der Waals surface area contributed by atoms with Crippen LogP contribution in [0.5, 0.6) is 0 Å². The Morgan fingerprint density at radius 2 is 1.90 bits per heavy atom. The van der Waals surface area contributed by atoms with Gasteiger partial charge in [-0.05, 0) is 79.6 Å². The summed E-state index contributed by atoms with van der Waals surface area (Å²) in [7, 11) is 1.93. The SMILES string of the molecule is Cc1cc(NC(=O)C(C)(C)NC(=O)c2ccc(Br)s2)ccc1N1CCN(C)CC1=O. The Hall–Kier alpha value is -2.23. The van der Waals surface area contributed by atoms with E-state index in [-0.39, 0.29) is 17.7 Å². The van der Waals surface area contributed by atoms with Gasteiger partial charge >= 0.3 is 0 Å². The van der Waals surface area contributed by atoms with Crippen LogP contribution < -0.4 is 15.5 Å². The van der Waals surface area contributed by atoms with Crippen LogP contribution in [0, 0.1) is 6.92 Å². The molecule has 0 bridgehead atoms. The minimum atomic E-state index is -1.10. The van der Waals surface area contributed by atoms with E-state index in [9.17, 15) is 14.4 Å². The van der Waals surface area contributed by atoms with Crippen LogP contribution in [0.3, 0.4) is 0 Å². The predicted octanol–water partition coefficient (Wildman–Crippen LogP) is 3.24. The highest BCUT2D eigenvalue weighted by Crippen LogP contribution is 2.26. The van der Waals surface area contributed by atoms with E-state index in [1.807, 2.05) is 31.0 Å². The molecule has 0 spiro atoms. The van der Waals surface area contributed by atoms with E-state index >= 15 is 0 Å². The number of rotatable bonds is 5. The Morgan fingerprint density at radius 3 is 2.50 bits per heavy atom. The highest BCUT2D eigenvalue weighted by molar-refractivity contribution is 9.11. The Balaban J connectivity index is 1.68. The van der Waals surface area contributed by atoms with Crippen molar-refractivity contribution in [2.45, 2.75) is 26.3 Å². The maximum absolute atomic E-state index is 12.8. The van der Waals surface area contributed by atoms with Crippen molar-refractivity contribution in [1.82, 2.24) is 10.2 Å². The van der Waals surface area contributed by atoms with Gasteiger partial charge in [-0.15, -0.1) is 11.3 Å². The lowest BCUT2D eigenvalue weighted by atomic mass is 10.0.